The molecule has 3 nitrogen and oxygen atoms in total. The Balaban J connectivity index is 2.12. The predicted octanol–water partition coefficient (Wildman–Crippen LogP) is 3.38. The van der Waals surface area contributed by atoms with E-state index in [9.17, 15) is 0 Å². The highest BCUT2D eigenvalue weighted by Gasteiger charge is 2.08. The number of fused-ring (bicyclic) bond motifs is 1. The fourth-order valence-corrected chi connectivity index (χ4v) is 2.40. The third kappa shape index (κ3) is 3.44. The second-order valence-corrected chi connectivity index (χ2v) is 4.91. The van der Waals surface area contributed by atoms with Crippen molar-refractivity contribution in [2.75, 3.05) is 25.0 Å². The van der Waals surface area contributed by atoms with Crippen LogP contribution in [0.25, 0.3) is 10.9 Å². The molecule has 0 spiro atoms. The van der Waals surface area contributed by atoms with Gasteiger partial charge in [0.1, 0.15) is 0 Å². The molecule has 1 aromatic heterocycles. The van der Waals surface area contributed by atoms with E-state index in [1.807, 2.05) is 12.3 Å². The molecule has 0 bridgehead atoms. The fraction of sp³-hybridized carbons (Fsp3) is 0.438. The number of nitrogens with one attached hydrogen (secondary N) is 1. The Morgan fingerprint density at radius 2 is 1.89 bits per heavy atom. The van der Waals surface area contributed by atoms with Gasteiger partial charge in [0.15, 0.2) is 0 Å². The number of para-hydroxylation sites is 1. The average Bonchev–Trinajstić information content (AvgIpc) is 2.45. The molecule has 0 saturated carbocycles. The van der Waals surface area contributed by atoms with Gasteiger partial charge in [0.2, 0.25) is 0 Å². The lowest BCUT2D eigenvalue weighted by Gasteiger charge is -2.24. The summed E-state index contributed by atoms with van der Waals surface area (Å²) in [7, 11) is 0. The fourth-order valence-electron chi connectivity index (χ4n) is 2.40. The summed E-state index contributed by atoms with van der Waals surface area (Å²) in [4.78, 5) is 6.82. The van der Waals surface area contributed by atoms with Crippen molar-refractivity contribution in [1.29, 1.82) is 0 Å². The lowest BCUT2D eigenvalue weighted by atomic mass is 10.1. The normalized spacial score (nSPS) is 12.8. The van der Waals surface area contributed by atoms with Crippen LogP contribution in [0.1, 0.15) is 20.8 Å². The number of nitrogens with zero attached hydrogens (tertiary/aromatic N) is 2. The van der Waals surface area contributed by atoms with E-state index in [0.717, 1.165) is 25.2 Å². The number of hydrogen-bond acceptors (Lipinski definition) is 3. The van der Waals surface area contributed by atoms with Gasteiger partial charge in [-0.25, -0.2) is 0 Å². The summed E-state index contributed by atoms with van der Waals surface area (Å²) in [6.45, 7) is 9.90. The Morgan fingerprint density at radius 3 is 2.63 bits per heavy atom. The SMILES string of the molecule is CCN(CC)CC(C)Nc1ccnc2ccccc12. The number of aromatic nitrogens is 1. The minimum Gasteiger partial charge on any atom is -0.381 e. The van der Waals surface area contributed by atoms with Crippen molar-refractivity contribution in [3.05, 3.63) is 36.5 Å². The van der Waals surface area contributed by atoms with Crippen molar-refractivity contribution in [3.63, 3.8) is 0 Å². The van der Waals surface area contributed by atoms with Crippen molar-refractivity contribution < 1.29 is 0 Å². The van der Waals surface area contributed by atoms with Crippen molar-refractivity contribution in [1.82, 2.24) is 9.88 Å². The van der Waals surface area contributed by atoms with Crippen molar-refractivity contribution in [2.24, 2.45) is 0 Å². The predicted molar refractivity (Wildman–Crippen MR) is 82.6 cm³/mol. The summed E-state index contributed by atoms with van der Waals surface area (Å²) < 4.78 is 0. The highest BCUT2D eigenvalue weighted by Crippen LogP contribution is 2.21. The van der Waals surface area contributed by atoms with Crippen LogP contribution in [0.3, 0.4) is 0 Å². The minimum absolute atomic E-state index is 0.422. The van der Waals surface area contributed by atoms with Gasteiger partial charge in [-0.1, -0.05) is 32.0 Å². The van der Waals surface area contributed by atoms with Crippen LogP contribution in [0.2, 0.25) is 0 Å². The van der Waals surface area contributed by atoms with E-state index in [-0.39, 0.29) is 0 Å². The molecule has 2 aromatic rings. The first-order chi connectivity index (χ1) is 9.24. The smallest absolute Gasteiger partial charge is 0.0722 e. The van der Waals surface area contributed by atoms with E-state index in [4.69, 9.17) is 0 Å². The number of pyridine rings is 1. The highest BCUT2D eigenvalue weighted by molar-refractivity contribution is 5.90. The summed E-state index contributed by atoms with van der Waals surface area (Å²) >= 11 is 0. The second kappa shape index (κ2) is 6.53. The Morgan fingerprint density at radius 1 is 1.16 bits per heavy atom. The molecule has 0 aliphatic heterocycles. The van der Waals surface area contributed by atoms with Crippen LogP contribution in [0.5, 0.6) is 0 Å². The maximum atomic E-state index is 4.39. The summed E-state index contributed by atoms with van der Waals surface area (Å²) in [5.41, 5.74) is 2.22. The first kappa shape index (κ1) is 13.8. The highest BCUT2D eigenvalue weighted by atomic mass is 15.1. The first-order valence-electron chi connectivity index (χ1n) is 7.07. The molecular weight excluding hydrogens is 234 g/mol. The number of likely N-dealkylation sites (N-methyl/N-ethyl adjacent to an activating group) is 1. The Hall–Kier alpha value is -1.61. The van der Waals surface area contributed by atoms with Gasteiger partial charge < -0.3 is 10.2 Å². The molecule has 1 aromatic carbocycles. The topological polar surface area (TPSA) is 28.2 Å². The van der Waals surface area contributed by atoms with Crippen LogP contribution in [0, 0.1) is 0 Å². The quantitative estimate of drug-likeness (QED) is 0.860. The van der Waals surface area contributed by atoms with Crippen molar-refractivity contribution >= 4 is 16.6 Å². The molecule has 1 N–H and O–H groups in total. The minimum atomic E-state index is 0.422. The molecular formula is C16H23N3. The molecule has 0 aliphatic rings. The molecule has 3 heteroatoms. The molecule has 0 saturated heterocycles. The van der Waals surface area contributed by atoms with E-state index in [1.54, 1.807) is 0 Å². The van der Waals surface area contributed by atoms with Crippen LogP contribution >= 0.6 is 0 Å². The van der Waals surface area contributed by atoms with Crippen LogP contribution < -0.4 is 5.32 Å². The summed E-state index contributed by atoms with van der Waals surface area (Å²) in [5, 5.41) is 4.79. The van der Waals surface area contributed by atoms with Gasteiger partial charge in [0.05, 0.1) is 5.52 Å². The molecule has 2 rings (SSSR count). The summed E-state index contributed by atoms with van der Waals surface area (Å²) in [6.07, 6.45) is 1.87. The van der Waals surface area contributed by atoms with E-state index in [2.05, 4.69) is 60.2 Å². The van der Waals surface area contributed by atoms with Gasteiger partial charge >= 0.3 is 0 Å². The maximum absolute atomic E-state index is 4.39. The molecule has 0 aliphatic carbocycles. The van der Waals surface area contributed by atoms with Gasteiger partial charge in [0, 0.05) is 29.9 Å². The van der Waals surface area contributed by atoms with Gasteiger partial charge in [-0.2, -0.15) is 0 Å². The number of anilines is 1. The molecule has 102 valence electrons. The molecule has 0 radical (unpaired) electrons. The van der Waals surface area contributed by atoms with Gasteiger partial charge in [-0.3, -0.25) is 4.98 Å². The molecule has 1 atom stereocenters. The molecule has 0 amide bonds. The van der Waals surface area contributed by atoms with Crippen LogP contribution in [-0.2, 0) is 0 Å². The molecule has 1 heterocycles. The first-order valence-corrected chi connectivity index (χ1v) is 7.07. The third-order valence-corrected chi connectivity index (χ3v) is 3.48. The van der Waals surface area contributed by atoms with E-state index in [0.29, 0.717) is 6.04 Å². The summed E-state index contributed by atoms with van der Waals surface area (Å²) in [6, 6.07) is 10.7. The van der Waals surface area contributed by atoms with E-state index < -0.39 is 0 Å². The van der Waals surface area contributed by atoms with Gasteiger partial charge in [-0.15, -0.1) is 0 Å². The third-order valence-electron chi connectivity index (χ3n) is 3.48. The number of benzene rings is 1. The van der Waals surface area contributed by atoms with Crippen molar-refractivity contribution in [2.45, 2.75) is 26.8 Å². The van der Waals surface area contributed by atoms with E-state index >= 15 is 0 Å². The van der Waals surface area contributed by atoms with Crippen LogP contribution in [-0.4, -0.2) is 35.6 Å². The zero-order chi connectivity index (χ0) is 13.7. The number of rotatable bonds is 6. The zero-order valence-corrected chi connectivity index (χ0v) is 12.1. The lowest BCUT2D eigenvalue weighted by Crippen LogP contribution is -2.34. The Labute approximate surface area is 115 Å². The Kier molecular flexibility index (Phi) is 4.74. The Bertz CT molecular complexity index is 515. The van der Waals surface area contributed by atoms with Crippen LogP contribution in [0.4, 0.5) is 5.69 Å². The standard InChI is InChI=1S/C16H23N3/c1-4-19(5-2)12-13(3)18-16-10-11-17-15-9-7-6-8-14(15)16/h6-11,13H,4-5,12H2,1-3H3,(H,17,18). The second-order valence-electron chi connectivity index (χ2n) is 4.91. The van der Waals surface area contributed by atoms with Crippen molar-refractivity contribution in [3.8, 4) is 0 Å². The summed E-state index contributed by atoms with van der Waals surface area (Å²) in [5.74, 6) is 0. The molecule has 1 unspecified atom stereocenters. The number of hydrogen-bond donors (Lipinski definition) is 1. The zero-order valence-electron chi connectivity index (χ0n) is 12.1. The largest absolute Gasteiger partial charge is 0.381 e. The molecule has 0 fully saturated rings. The van der Waals surface area contributed by atoms with Gasteiger partial charge in [-0.05, 0) is 32.1 Å². The average molecular weight is 257 g/mol. The van der Waals surface area contributed by atoms with Crippen LogP contribution in [0.15, 0.2) is 36.5 Å². The lowest BCUT2D eigenvalue weighted by molar-refractivity contribution is 0.295. The molecule has 19 heavy (non-hydrogen) atoms. The van der Waals surface area contributed by atoms with Gasteiger partial charge in [0.25, 0.3) is 0 Å². The van der Waals surface area contributed by atoms with E-state index in [1.165, 1.54) is 11.1 Å². The maximum Gasteiger partial charge on any atom is 0.0722 e. The monoisotopic (exact) mass is 257 g/mol.